The standard InChI is InChI=1S/C18H22N4O2/c1-21-11-15(19-20-21)14-10-22(12-16(14)24-2)17(23)18(8-9-18)13-6-4-3-5-7-13/h3-7,11,14,16H,8-10,12H2,1-2H3/t14-,16+/m0/s1. The number of carbonyl (C=O) groups is 1. The smallest absolute Gasteiger partial charge is 0.233 e. The first-order valence-electron chi connectivity index (χ1n) is 8.38. The number of hydrogen-bond donors (Lipinski definition) is 0. The normalized spacial score (nSPS) is 25.0. The molecule has 0 radical (unpaired) electrons. The van der Waals surface area contributed by atoms with Gasteiger partial charge in [0.2, 0.25) is 5.91 Å². The number of ether oxygens (including phenoxy) is 1. The Morgan fingerprint density at radius 2 is 2.00 bits per heavy atom. The van der Waals surface area contributed by atoms with Gasteiger partial charge in [0.25, 0.3) is 0 Å². The fourth-order valence-electron chi connectivity index (χ4n) is 3.81. The summed E-state index contributed by atoms with van der Waals surface area (Å²) in [5.74, 6) is 0.307. The van der Waals surface area contributed by atoms with E-state index in [0.717, 1.165) is 24.1 Å². The van der Waals surface area contributed by atoms with Gasteiger partial charge in [0.15, 0.2) is 0 Å². The number of aryl methyl sites for hydroxylation is 1. The monoisotopic (exact) mass is 326 g/mol. The number of likely N-dealkylation sites (tertiary alicyclic amines) is 1. The second-order valence-corrected chi connectivity index (χ2v) is 6.86. The van der Waals surface area contributed by atoms with Gasteiger partial charge in [-0.25, -0.2) is 0 Å². The second-order valence-electron chi connectivity index (χ2n) is 6.86. The summed E-state index contributed by atoms with van der Waals surface area (Å²) in [5, 5.41) is 8.24. The Labute approximate surface area is 141 Å². The minimum absolute atomic E-state index is 0.0303. The molecule has 2 aliphatic rings. The van der Waals surface area contributed by atoms with Gasteiger partial charge in [-0.05, 0) is 18.4 Å². The molecule has 2 atom stereocenters. The van der Waals surface area contributed by atoms with Crippen LogP contribution in [-0.4, -0.2) is 52.1 Å². The van der Waals surface area contributed by atoms with Crippen molar-refractivity contribution in [2.24, 2.45) is 7.05 Å². The zero-order valence-corrected chi connectivity index (χ0v) is 14.1. The van der Waals surface area contributed by atoms with E-state index in [-0.39, 0.29) is 23.3 Å². The maximum absolute atomic E-state index is 13.2. The summed E-state index contributed by atoms with van der Waals surface area (Å²) >= 11 is 0. The van der Waals surface area contributed by atoms with Crippen molar-refractivity contribution in [3.8, 4) is 0 Å². The highest BCUT2D eigenvalue weighted by Crippen LogP contribution is 2.50. The van der Waals surface area contributed by atoms with E-state index in [0.29, 0.717) is 13.1 Å². The molecule has 4 rings (SSSR count). The molecule has 1 aromatic heterocycles. The van der Waals surface area contributed by atoms with Crippen LogP contribution >= 0.6 is 0 Å². The molecule has 1 amide bonds. The highest BCUT2D eigenvalue weighted by atomic mass is 16.5. The van der Waals surface area contributed by atoms with Crippen LogP contribution in [0.4, 0.5) is 0 Å². The predicted molar refractivity (Wildman–Crippen MR) is 88.5 cm³/mol. The Morgan fingerprint density at radius 3 is 2.58 bits per heavy atom. The van der Waals surface area contributed by atoms with Crippen LogP contribution in [0.1, 0.15) is 30.0 Å². The molecule has 6 heteroatoms. The molecule has 2 fully saturated rings. The van der Waals surface area contributed by atoms with E-state index >= 15 is 0 Å². The van der Waals surface area contributed by atoms with Crippen molar-refractivity contribution in [2.45, 2.75) is 30.3 Å². The van der Waals surface area contributed by atoms with Gasteiger partial charge < -0.3 is 9.64 Å². The minimum Gasteiger partial charge on any atom is -0.379 e. The highest BCUT2D eigenvalue weighted by molar-refractivity contribution is 5.91. The van der Waals surface area contributed by atoms with Crippen molar-refractivity contribution in [1.82, 2.24) is 19.9 Å². The number of benzene rings is 1. The zero-order chi connectivity index (χ0) is 16.7. The van der Waals surface area contributed by atoms with Crippen LogP contribution in [0.25, 0.3) is 0 Å². The third-order valence-corrected chi connectivity index (χ3v) is 5.34. The van der Waals surface area contributed by atoms with Gasteiger partial charge in [0.1, 0.15) is 0 Å². The quantitative estimate of drug-likeness (QED) is 0.854. The van der Waals surface area contributed by atoms with E-state index in [9.17, 15) is 4.79 Å². The molecule has 0 N–H and O–H groups in total. The van der Waals surface area contributed by atoms with E-state index in [4.69, 9.17) is 4.74 Å². The van der Waals surface area contributed by atoms with Gasteiger partial charge in [-0.15, -0.1) is 5.10 Å². The van der Waals surface area contributed by atoms with Crippen LogP contribution in [-0.2, 0) is 22.0 Å². The molecule has 1 saturated heterocycles. The molecule has 0 spiro atoms. The Balaban J connectivity index is 1.56. The van der Waals surface area contributed by atoms with Crippen molar-refractivity contribution in [2.75, 3.05) is 20.2 Å². The molecule has 1 aromatic carbocycles. The fraction of sp³-hybridized carbons (Fsp3) is 0.500. The predicted octanol–water partition coefficient (Wildman–Crippen LogP) is 1.49. The zero-order valence-electron chi connectivity index (χ0n) is 14.1. The van der Waals surface area contributed by atoms with Crippen LogP contribution in [0.5, 0.6) is 0 Å². The number of hydrogen-bond acceptors (Lipinski definition) is 4. The second kappa shape index (κ2) is 5.70. The van der Waals surface area contributed by atoms with Gasteiger partial charge in [0.05, 0.1) is 23.1 Å². The van der Waals surface area contributed by atoms with Crippen molar-refractivity contribution in [3.05, 3.63) is 47.8 Å². The average Bonchev–Trinajstić information content (AvgIpc) is 3.13. The molecule has 24 heavy (non-hydrogen) atoms. The van der Waals surface area contributed by atoms with E-state index in [1.54, 1.807) is 11.8 Å². The van der Waals surface area contributed by atoms with Crippen LogP contribution in [0.15, 0.2) is 36.5 Å². The summed E-state index contributed by atoms with van der Waals surface area (Å²) < 4.78 is 7.33. The molecule has 2 heterocycles. The Bertz CT molecular complexity index is 738. The SMILES string of the molecule is CO[C@@H]1CN(C(=O)C2(c3ccccc3)CC2)C[C@H]1c1cn(C)nn1. The lowest BCUT2D eigenvalue weighted by molar-refractivity contribution is -0.133. The minimum atomic E-state index is -0.323. The summed E-state index contributed by atoms with van der Waals surface area (Å²) in [6, 6.07) is 10.1. The summed E-state index contributed by atoms with van der Waals surface area (Å²) in [4.78, 5) is 15.2. The number of carbonyl (C=O) groups excluding carboxylic acids is 1. The summed E-state index contributed by atoms with van der Waals surface area (Å²) in [7, 11) is 3.55. The lowest BCUT2D eigenvalue weighted by Crippen LogP contribution is -2.38. The largest absolute Gasteiger partial charge is 0.379 e. The van der Waals surface area contributed by atoms with Gasteiger partial charge in [-0.1, -0.05) is 35.5 Å². The van der Waals surface area contributed by atoms with Gasteiger partial charge in [0, 0.05) is 33.4 Å². The van der Waals surface area contributed by atoms with Gasteiger partial charge in [-0.2, -0.15) is 0 Å². The maximum Gasteiger partial charge on any atom is 0.233 e. The Hall–Kier alpha value is -2.21. The molecule has 1 saturated carbocycles. The van der Waals surface area contributed by atoms with E-state index in [2.05, 4.69) is 22.4 Å². The third-order valence-electron chi connectivity index (χ3n) is 5.34. The van der Waals surface area contributed by atoms with Gasteiger partial charge >= 0.3 is 0 Å². The highest BCUT2D eigenvalue weighted by Gasteiger charge is 2.54. The molecule has 126 valence electrons. The van der Waals surface area contributed by atoms with Crippen LogP contribution < -0.4 is 0 Å². The number of aromatic nitrogens is 3. The fourth-order valence-corrected chi connectivity index (χ4v) is 3.81. The molecule has 0 bridgehead atoms. The van der Waals surface area contributed by atoms with Crippen molar-refractivity contribution in [1.29, 1.82) is 0 Å². The van der Waals surface area contributed by atoms with E-state index < -0.39 is 0 Å². The number of methoxy groups -OCH3 is 1. The molecule has 2 aromatic rings. The Kier molecular flexibility index (Phi) is 3.64. The molecular formula is C18H22N4O2. The number of nitrogens with zero attached hydrogens (tertiary/aromatic N) is 4. The Morgan fingerprint density at radius 1 is 1.25 bits per heavy atom. The lowest BCUT2D eigenvalue weighted by atomic mass is 9.94. The first-order chi connectivity index (χ1) is 11.6. The van der Waals surface area contributed by atoms with Gasteiger partial charge in [-0.3, -0.25) is 9.48 Å². The van der Waals surface area contributed by atoms with Crippen LogP contribution in [0.3, 0.4) is 0 Å². The average molecular weight is 326 g/mol. The first kappa shape index (κ1) is 15.3. The third kappa shape index (κ3) is 2.41. The number of rotatable bonds is 4. The first-order valence-corrected chi connectivity index (χ1v) is 8.38. The molecule has 1 aliphatic heterocycles. The summed E-state index contributed by atoms with van der Waals surface area (Å²) in [5.41, 5.74) is 1.70. The van der Waals surface area contributed by atoms with Crippen molar-refractivity contribution in [3.63, 3.8) is 0 Å². The molecule has 0 unspecified atom stereocenters. The maximum atomic E-state index is 13.2. The summed E-state index contributed by atoms with van der Waals surface area (Å²) in [6.45, 7) is 1.26. The van der Waals surface area contributed by atoms with Crippen molar-refractivity contribution >= 4 is 5.91 Å². The molecule has 1 aliphatic carbocycles. The lowest BCUT2D eigenvalue weighted by Gasteiger charge is -2.23. The summed E-state index contributed by atoms with van der Waals surface area (Å²) in [6.07, 6.45) is 3.74. The van der Waals surface area contributed by atoms with Crippen LogP contribution in [0, 0.1) is 0 Å². The van der Waals surface area contributed by atoms with Crippen molar-refractivity contribution < 1.29 is 9.53 Å². The molecular weight excluding hydrogens is 304 g/mol. The van der Waals surface area contributed by atoms with Crippen LogP contribution in [0.2, 0.25) is 0 Å². The number of amides is 1. The van der Waals surface area contributed by atoms with E-state index in [1.165, 1.54) is 0 Å². The van der Waals surface area contributed by atoms with E-state index in [1.807, 2.05) is 36.3 Å². The molecule has 6 nitrogen and oxygen atoms in total. The topological polar surface area (TPSA) is 60.2 Å².